The number of hydrogen-bond donors (Lipinski definition) is 1. The average molecular weight is 105 g/mol. The minimum Gasteiger partial charge on any atom is -0.330 e. The Morgan fingerprint density at radius 1 is 1.67 bits per heavy atom. The number of unbranched alkanes of at least 4 members (excludes halogenated alkanes) is 1. The molecule has 0 aromatic heterocycles. The Hall–Kier alpha value is 0.180. The Morgan fingerprint density at radius 2 is 2.33 bits per heavy atom. The van der Waals surface area contributed by atoms with Crippen molar-refractivity contribution in [3.05, 3.63) is 6.92 Å². The second kappa shape index (κ2) is 5.18. The van der Waals surface area contributed by atoms with Crippen molar-refractivity contribution in [3.63, 3.8) is 0 Å². The van der Waals surface area contributed by atoms with Gasteiger partial charge in [-0.25, -0.2) is 0 Å². The first kappa shape index (κ1) is 6.18. The first-order valence-electron chi connectivity index (χ1n) is 1.97. The van der Waals surface area contributed by atoms with Gasteiger partial charge in [0.15, 0.2) is 0 Å². The van der Waals surface area contributed by atoms with E-state index in [1.165, 1.54) is 0 Å². The molecule has 0 aliphatic rings. The zero-order chi connectivity index (χ0) is 4.83. The van der Waals surface area contributed by atoms with Gasteiger partial charge in [-0.15, -0.1) is 0 Å². The highest BCUT2D eigenvalue weighted by Crippen LogP contribution is 1.95. The van der Waals surface area contributed by atoms with E-state index in [2.05, 4.69) is 6.92 Å². The van der Waals surface area contributed by atoms with Crippen molar-refractivity contribution in [3.8, 4) is 0 Å². The summed E-state index contributed by atoms with van der Waals surface area (Å²) in [7, 11) is 0. The molecule has 0 saturated carbocycles. The molecule has 36 valence electrons. The third-order valence-corrected chi connectivity index (χ3v) is 0.957. The van der Waals surface area contributed by atoms with E-state index in [4.69, 9.17) is 4.55 Å². The molecule has 0 rings (SSSR count). The first-order valence-corrected chi connectivity index (χ1v) is 2.91. The topological polar surface area (TPSA) is 20.2 Å². The van der Waals surface area contributed by atoms with Crippen molar-refractivity contribution in [2.75, 3.05) is 5.75 Å². The minimum absolute atomic E-state index is 0.823. The molecule has 6 heavy (non-hydrogen) atoms. The highest BCUT2D eigenvalue weighted by molar-refractivity contribution is 7.93. The lowest BCUT2D eigenvalue weighted by Gasteiger charge is -1.81. The molecule has 1 N–H and O–H groups in total. The zero-order valence-electron chi connectivity index (χ0n) is 3.68. The quantitative estimate of drug-likeness (QED) is 0.335. The molecule has 2 heteroatoms. The number of hydrogen-bond acceptors (Lipinski definition) is 2. The molecule has 0 saturated heterocycles. The molecular weight excluding hydrogens is 96.1 g/mol. The third kappa shape index (κ3) is 4.18. The summed E-state index contributed by atoms with van der Waals surface area (Å²) in [5.74, 6) is 0.823. The molecule has 0 heterocycles. The Kier molecular flexibility index (Phi) is 5.34. The molecule has 1 nitrogen and oxygen atoms in total. The van der Waals surface area contributed by atoms with Gasteiger partial charge in [-0.2, -0.15) is 0 Å². The summed E-state index contributed by atoms with van der Waals surface area (Å²) in [5.41, 5.74) is 0. The van der Waals surface area contributed by atoms with Crippen molar-refractivity contribution in [1.29, 1.82) is 0 Å². The van der Waals surface area contributed by atoms with Crippen LogP contribution >= 0.6 is 12.0 Å². The molecule has 0 atom stereocenters. The monoisotopic (exact) mass is 105 g/mol. The molecular formula is C4H9OS+. The summed E-state index contributed by atoms with van der Waals surface area (Å²) in [4.78, 5) is 0. The SMILES string of the molecule is [CH2+]CCCSO. The predicted octanol–water partition coefficient (Wildman–Crippen LogP) is 1.81. The summed E-state index contributed by atoms with van der Waals surface area (Å²) in [5, 5.41) is 0. The summed E-state index contributed by atoms with van der Waals surface area (Å²) < 4.78 is 8.09. The predicted molar refractivity (Wildman–Crippen MR) is 29.7 cm³/mol. The molecule has 0 spiro atoms. The van der Waals surface area contributed by atoms with Crippen LogP contribution in [0.1, 0.15) is 12.8 Å². The smallest absolute Gasteiger partial charge is 0.0859 e. The van der Waals surface area contributed by atoms with Crippen molar-refractivity contribution in [2.45, 2.75) is 12.8 Å². The van der Waals surface area contributed by atoms with Crippen molar-refractivity contribution >= 4 is 12.0 Å². The molecule has 0 aromatic rings. The molecule has 0 aliphatic carbocycles. The maximum absolute atomic E-state index is 8.09. The summed E-state index contributed by atoms with van der Waals surface area (Å²) >= 11 is 0.886. The minimum atomic E-state index is 0.823. The second-order valence-electron chi connectivity index (χ2n) is 1.04. The van der Waals surface area contributed by atoms with E-state index in [-0.39, 0.29) is 0 Å². The van der Waals surface area contributed by atoms with Crippen LogP contribution in [0.3, 0.4) is 0 Å². The molecule has 0 amide bonds. The van der Waals surface area contributed by atoms with Gasteiger partial charge in [0.05, 0.1) is 13.3 Å². The fourth-order valence-electron chi connectivity index (χ4n) is 0.167. The van der Waals surface area contributed by atoms with Crippen LogP contribution in [0.4, 0.5) is 0 Å². The average Bonchev–Trinajstić information content (AvgIpc) is 1.61. The van der Waals surface area contributed by atoms with Crippen LogP contribution in [0.2, 0.25) is 0 Å². The van der Waals surface area contributed by atoms with Crippen LogP contribution in [0.5, 0.6) is 0 Å². The van der Waals surface area contributed by atoms with Crippen LogP contribution in [-0.2, 0) is 0 Å². The van der Waals surface area contributed by atoms with Gasteiger partial charge < -0.3 is 4.55 Å². The number of rotatable bonds is 3. The van der Waals surface area contributed by atoms with Gasteiger partial charge in [0, 0.05) is 5.75 Å². The lowest BCUT2D eigenvalue weighted by Crippen LogP contribution is -1.72. The van der Waals surface area contributed by atoms with Gasteiger partial charge in [0.2, 0.25) is 0 Å². The normalized spacial score (nSPS) is 8.83. The van der Waals surface area contributed by atoms with E-state index in [9.17, 15) is 0 Å². The van der Waals surface area contributed by atoms with Gasteiger partial charge in [0.25, 0.3) is 0 Å². The van der Waals surface area contributed by atoms with Gasteiger partial charge in [0.1, 0.15) is 0 Å². The maximum atomic E-state index is 8.09. The van der Waals surface area contributed by atoms with Crippen LogP contribution in [0.15, 0.2) is 0 Å². The van der Waals surface area contributed by atoms with Gasteiger partial charge >= 0.3 is 0 Å². The standard InChI is InChI=1S/C4H8OS/c1-2-3-4-6-5/h1-4H2/p+1. The highest BCUT2D eigenvalue weighted by Gasteiger charge is 1.82. The largest absolute Gasteiger partial charge is 0.330 e. The van der Waals surface area contributed by atoms with E-state index in [0.717, 1.165) is 30.6 Å². The van der Waals surface area contributed by atoms with E-state index in [1.807, 2.05) is 0 Å². The van der Waals surface area contributed by atoms with Gasteiger partial charge in [-0.1, -0.05) is 0 Å². The van der Waals surface area contributed by atoms with Gasteiger partial charge in [-0.05, 0) is 18.5 Å². The van der Waals surface area contributed by atoms with E-state index in [0.29, 0.717) is 0 Å². The van der Waals surface area contributed by atoms with Gasteiger partial charge in [-0.3, -0.25) is 0 Å². The van der Waals surface area contributed by atoms with Crippen LogP contribution < -0.4 is 0 Å². The molecule has 0 bridgehead atoms. The molecule has 0 aromatic carbocycles. The third-order valence-electron chi connectivity index (χ3n) is 0.486. The van der Waals surface area contributed by atoms with Crippen LogP contribution in [0.25, 0.3) is 0 Å². The fourth-order valence-corrected chi connectivity index (χ4v) is 0.500. The van der Waals surface area contributed by atoms with E-state index in [1.54, 1.807) is 0 Å². The molecule has 0 aliphatic heterocycles. The Bertz CT molecular complexity index is 19.5. The molecule has 0 fully saturated rings. The second-order valence-corrected chi connectivity index (χ2v) is 1.71. The zero-order valence-corrected chi connectivity index (χ0v) is 4.50. The summed E-state index contributed by atoms with van der Waals surface area (Å²) in [6.07, 6.45) is 1.94. The van der Waals surface area contributed by atoms with E-state index < -0.39 is 0 Å². The van der Waals surface area contributed by atoms with E-state index >= 15 is 0 Å². The first-order chi connectivity index (χ1) is 2.91. The van der Waals surface area contributed by atoms with Crippen molar-refractivity contribution in [1.82, 2.24) is 0 Å². The Labute approximate surface area is 43.0 Å². The van der Waals surface area contributed by atoms with Crippen molar-refractivity contribution < 1.29 is 4.55 Å². The highest BCUT2D eigenvalue weighted by atomic mass is 32.2. The van der Waals surface area contributed by atoms with Crippen LogP contribution in [-0.4, -0.2) is 10.3 Å². The maximum Gasteiger partial charge on any atom is 0.0859 e. The lowest BCUT2D eigenvalue weighted by atomic mass is 10.4. The lowest BCUT2D eigenvalue weighted by molar-refractivity contribution is 0.660. The Balaban J connectivity index is 2.34. The summed E-state index contributed by atoms with van der Waals surface area (Å²) in [6, 6.07) is 0. The molecule has 0 unspecified atom stereocenters. The van der Waals surface area contributed by atoms with Crippen LogP contribution in [0, 0.1) is 6.92 Å². The van der Waals surface area contributed by atoms with Crippen molar-refractivity contribution in [2.24, 2.45) is 0 Å². The fraction of sp³-hybridized carbons (Fsp3) is 0.750. The Morgan fingerprint density at radius 3 is 2.50 bits per heavy atom. The summed E-state index contributed by atoms with van der Waals surface area (Å²) in [6.45, 7) is 3.60. The molecule has 0 radical (unpaired) electrons.